The highest BCUT2D eigenvalue weighted by atomic mass is 127. The smallest absolute Gasteiger partial charge is 0.234 e. The predicted molar refractivity (Wildman–Crippen MR) is 126 cm³/mol. The van der Waals surface area contributed by atoms with Gasteiger partial charge in [-0.05, 0) is 58.8 Å². The predicted octanol–water partition coefficient (Wildman–Crippen LogP) is 6.00. The fourth-order valence-electron chi connectivity index (χ4n) is 2.87. The molecule has 0 saturated carbocycles. The fraction of sp³-hybridized carbons (Fsp3) is 0.0952. The van der Waals surface area contributed by atoms with Crippen molar-refractivity contribution < 1.29 is 4.79 Å². The van der Waals surface area contributed by atoms with Crippen molar-refractivity contribution in [3.05, 3.63) is 69.4 Å². The van der Waals surface area contributed by atoms with E-state index >= 15 is 0 Å². The molecule has 0 aliphatic carbocycles. The number of carbonyl (C=O) groups is 1. The minimum Gasteiger partial charge on any atom is -0.325 e. The average Bonchev–Trinajstić information content (AvgIpc) is 3.14. The number of fused-ring (bicyclic) bond motifs is 1. The van der Waals surface area contributed by atoms with Gasteiger partial charge in [0.1, 0.15) is 16.2 Å². The molecule has 0 fully saturated rings. The summed E-state index contributed by atoms with van der Waals surface area (Å²) in [7, 11) is 0. The first kappa shape index (κ1) is 19.4. The molecule has 1 amide bonds. The standard InChI is InChI=1S/C21H16IN3OS2/c1-13-9-15(22)7-8-17(13)25-18(26)11-28-21-19-16(14-5-3-2-4-6-14)10-27-20(19)23-12-24-21/h2-10,12H,11H2,1H3,(H,25,26). The number of aromatic nitrogens is 2. The number of carbonyl (C=O) groups excluding carboxylic acids is 1. The molecule has 4 nitrogen and oxygen atoms in total. The molecule has 4 rings (SSSR count). The van der Waals surface area contributed by atoms with E-state index in [-0.39, 0.29) is 5.91 Å². The third kappa shape index (κ3) is 4.21. The summed E-state index contributed by atoms with van der Waals surface area (Å²) in [5.41, 5.74) is 4.14. The second-order valence-electron chi connectivity index (χ2n) is 6.17. The Kier molecular flexibility index (Phi) is 5.93. The van der Waals surface area contributed by atoms with Crippen LogP contribution in [0.1, 0.15) is 5.56 Å². The number of thiophene rings is 1. The van der Waals surface area contributed by atoms with Crippen molar-refractivity contribution >= 4 is 67.5 Å². The zero-order valence-electron chi connectivity index (χ0n) is 15.0. The minimum atomic E-state index is -0.0439. The molecule has 0 radical (unpaired) electrons. The zero-order valence-corrected chi connectivity index (χ0v) is 18.8. The maximum atomic E-state index is 12.5. The first-order valence-electron chi connectivity index (χ1n) is 8.58. The molecule has 0 aliphatic heterocycles. The molecule has 140 valence electrons. The van der Waals surface area contributed by atoms with Gasteiger partial charge in [-0.25, -0.2) is 9.97 Å². The van der Waals surface area contributed by atoms with Gasteiger partial charge in [0.2, 0.25) is 5.91 Å². The second kappa shape index (κ2) is 8.59. The molecule has 0 aliphatic rings. The lowest BCUT2D eigenvalue weighted by Gasteiger charge is -2.09. The molecule has 1 N–H and O–H groups in total. The number of aryl methyl sites for hydroxylation is 1. The van der Waals surface area contributed by atoms with Crippen molar-refractivity contribution in [3.8, 4) is 11.1 Å². The van der Waals surface area contributed by atoms with Crippen molar-refractivity contribution in [2.75, 3.05) is 11.1 Å². The van der Waals surface area contributed by atoms with Crippen LogP contribution in [0.3, 0.4) is 0 Å². The van der Waals surface area contributed by atoms with Crippen LogP contribution in [-0.4, -0.2) is 21.6 Å². The van der Waals surface area contributed by atoms with Gasteiger partial charge in [-0.2, -0.15) is 0 Å². The van der Waals surface area contributed by atoms with Crippen molar-refractivity contribution in [1.82, 2.24) is 9.97 Å². The normalized spacial score (nSPS) is 10.9. The van der Waals surface area contributed by atoms with Crippen molar-refractivity contribution in [2.24, 2.45) is 0 Å². The Labute approximate surface area is 184 Å². The number of anilines is 1. The number of thioether (sulfide) groups is 1. The highest BCUT2D eigenvalue weighted by Crippen LogP contribution is 2.37. The van der Waals surface area contributed by atoms with Crippen LogP contribution in [0.5, 0.6) is 0 Å². The van der Waals surface area contributed by atoms with Gasteiger partial charge in [0, 0.05) is 20.2 Å². The van der Waals surface area contributed by atoms with Crippen LogP contribution >= 0.6 is 45.7 Å². The van der Waals surface area contributed by atoms with Crippen LogP contribution in [-0.2, 0) is 4.79 Å². The highest BCUT2D eigenvalue weighted by molar-refractivity contribution is 14.1. The van der Waals surface area contributed by atoms with Crippen molar-refractivity contribution in [1.29, 1.82) is 0 Å². The monoisotopic (exact) mass is 517 g/mol. The second-order valence-corrected chi connectivity index (χ2v) is 9.24. The Morgan fingerprint density at radius 2 is 2.00 bits per heavy atom. The molecule has 0 bridgehead atoms. The Balaban J connectivity index is 1.55. The lowest BCUT2D eigenvalue weighted by molar-refractivity contribution is -0.113. The van der Waals surface area contributed by atoms with Gasteiger partial charge in [-0.15, -0.1) is 11.3 Å². The zero-order chi connectivity index (χ0) is 19.5. The Hall–Kier alpha value is -1.97. The number of hydrogen-bond donors (Lipinski definition) is 1. The molecular formula is C21H16IN3OS2. The van der Waals surface area contributed by atoms with Crippen molar-refractivity contribution in [3.63, 3.8) is 0 Å². The molecule has 0 spiro atoms. The van der Waals surface area contributed by atoms with E-state index in [0.29, 0.717) is 5.75 Å². The number of amides is 1. The summed E-state index contributed by atoms with van der Waals surface area (Å²) in [6, 6.07) is 16.2. The summed E-state index contributed by atoms with van der Waals surface area (Å²) in [4.78, 5) is 22.3. The Morgan fingerprint density at radius 1 is 1.18 bits per heavy atom. The van der Waals surface area contributed by atoms with Gasteiger partial charge >= 0.3 is 0 Å². The van der Waals surface area contributed by atoms with Crippen LogP contribution in [0.25, 0.3) is 21.3 Å². The summed E-state index contributed by atoms with van der Waals surface area (Å²) < 4.78 is 1.15. The molecule has 0 saturated heterocycles. The van der Waals surface area contributed by atoms with Gasteiger partial charge in [0.25, 0.3) is 0 Å². The lowest BCUT2D eigenvalue weighted by Crippen LogP contribution is -2.15. The molecule has 0 unspecified atom stereocenters. The van der Waals surface area contributed by atoms with Crippen LogP contribution in [0.4, 0.5) is 5.69 Å². The van der Waals surface area contributed by atoms with E-state index in [4.69, 9.17) is 0 Å². The average molecular weight is 517 g/mol. The Morgan fingerprint density at radius 3 is 2.79 bits per heavy atom. The first-order valence-corrected chi connectivity index (χ1v) is 11.5. The summed E-state index contributed by atoms with van der Waals surface area (Å²) >= 11 is 5.30. The third-order valence-corrected chi connectivity index (χ3v) is 6.77. The maximum absolute atomic E-state index is 12.5. The van der Waals surface area contributed by atoms with Crippen molar-refractivity contribution in [2.45, 2.75) is 11.9 Å². The topological polar surface area (TPSA) is 54.9 Å². The summed E-state index contributed by atoms with van der Waals surface area (Å²) in [5.74, 6) is 0.249. The summed E-state index contributed by atoms with van der Waals surface area (Å²) in [5, 5.41) is 6.95. The van der Waals surface area contributed by atoms with Crippen LogP contribution < -0.4 is 5.32 Å². The number of nitrogens with one attached hydrogen (secondary N) is 1. The molecular weight excluding hydrogens is 501 g/mol. The minimum absolute atomic E-state index is 0.0439. The molecule has 28 heavy (non-hydrogen) atoms. The largest absolute Gasteiger partial charge is 0.325 e. The number of nitrogens with zero attached hydrogens (tertiary/aromatic N) is 2. The molecule has 0 atom stereocenters. The number of benzene rings is 2. The van der Waals surface area contributed by atoms with Crippen LogP contribution in [0.2, 0.25) is 0 Å². The van der Waals surface area contributed by atoms with E-state index in [0.717, 1.165) is 41.2 Å². The third-order valence-electron chi connectivity index (χ3n) is 4.22. The number of halogens is 1. The van der Waals surface area contributed by atoms with E-state index in [1.165, 1.54) is 11.8 Å². The van der Waals surface area contributed by atoms with E-state index in [9.17, 15) is 4.79 Å². The van der Waals surface area contributed by atoms with E-state index in [2.05, 4.69) is 61.5 Å². The van der Waals surface area contributed by atoms with Gasteiger partial charge in [-0.3, -0.25) is 4.79 Å². The molecule has 2 aromatic carbocycles. The molecule has 7 heteroatoms. The number of rotatable bonds is 5. The van der Waals surface area contributed by atoms with E-state index < -0.39 is 0 Å². The van der Waals surface area contributed by atoms with Crippen LogP contribution in [0.15, 0.2) is 65.3 Å². The van der Waals surface area contributed by atoms with Gasteiger partial charge in [-0.1, -0.05) is 42.1 Å². The molecule has 2 heterocycles. The van der Waals surface area contributed by atoms with Crippen LogP contribution in [0, 0.1) is 10.5 Å². The SMILES string of the molecule is Cc1cc(I)ccc1NC(=O)CSc1ncnc2scc(-c3ccccc3)c12. The fourth-order valence-corrected chi connectivity index (χ4v) is 5.31. The van der Waals surface area contributed by atoms with E-state index in [1.807, 2.05) is 37.3 Å². The summed E-state index contributed by atoms with van der Waals surface area (Å²) in [6.45, 7) is 2.00. The van der Waals surface area contributed by atoms with E-state index in [1.54, 1.807) is 17.7 Å². The summed E-state index contributed by atoms with van der Waals surface area (Å²) in [6.07, 6.45) is 1.57. The molecule has 4 aromatic rings. The number of hydrogen-bond acceptors (Lipinski definition) is 5. The Bertz CT molecular complexity index is 1150. The first-order chi connectivity index (χ1) is 13.6. The quantitative estimate of drug-likeness (QED) is 0.200. The van der Waals surface area contributed by atoms with Gasteiger partial charge < -0.3 is 5.32 Å². The lowest BCUT2D eigenvalue weighted by atomic mass is 10.1. The van der Waals surface area contributed by atoms with Gasteiger partial charge in [0.05, 0.1) is 11.1 Å². The molecule has 2 aromatic heterocycles. The maximum Gasteiger partial charge on any atom is 0.234 e. The van der Waals surface area contributed by atoms with Gasteiger partial charge in [0.15, 0.2) is 0 Å². The highest BCUT2D eigenvalue weighted by Gasteiger charge is 2.15.